The molecule has 2 aliphatic rings. The van der Waals surface area contributed by atoms with E-state index in [0.717, 1.165) is 12.8 Å². The Morgan fingerprint density at radius 3 is 1.88 bits per heavy atom. The summed E-state index contributed by atoms with van der Waals surface area (Å²) in [5.74, 6) is 0.770. The van der Waals surface area contributed by atoms with E-state index in [1.54, 1.807) is 0 Å². The Balaban J connectivity index is 2.01. The van der Waals surface area contributed by atoms with Gasteiger partial charge in [-0.15, -0.1) is 0 Å². The molecule has 1 saturated carbocycles. The predicted octanol–water partition coefficient (Wildman–Crippen LogP) is 2.68. The van der Waals surface area contributed by atoms with E-state index in [4.69, 9.17) is 9.47 Å². The van der Waals surface area contributed by atoms with Gasteiger partial charge in [0.15, 0.2) is 6.29 Å². The summed E-state index contributed by atoms with van der Waals surface area (Å²) in [5.41, 5.74) is -0.502. The molecule has 0 unspecified atom stereocenters. The minimum Gasteiger partial charge on any atom is -0.343 e. The molecule has 1 aliphatic heterocycles. The molecule has 0 spiro atoms. The fraction of sp³-hybridized carbons (Fsp3) is 0.923. The second kappa shape index (κ2) is 3.81. The van der Waals surface area contributed by atoms with Crippen molar-refractivity contribution in [2.45, 2.75) is 70.9 Å². The summed E-state index contributed by atoms with van der Waals surface area (Å²) in [7, 11) is 0. The lowest BCUT2D eigenvalue weighted by Gasteiger charge is -2.30. The minimum absolute atomic E-state index is 0.127. The van der Waals surface area contributed by atoms with Crippen LogP contribution in [0.3, 0.4) is 0 Å². The quantitative estimate of drug-likeness (QED) is 0.689. The lowest BCUT2D eigenvalue weighted by Crippen LogP contribution is -2.41. The lowest BCUT2D eigenvalue weighted by molar-refractivity contribution is -0.138. The van der Waals surface area contributed by atoms with Crippen LogP contribution in [0.15, 0.2) is 0 Å². The summed E-state index contributed by atoms with van der Waals surface area (Å²) in [6, 6.07) is 0. The van der Waals surface area contributed by atoms with E-state index in [1.165, 1.54) is 0 Å². The third kappa shape index (κ3) is 2.03. The smallest absolute Gasteiger partial charge is 0.162 e. The first-order valence-corrected chi connectivity index (χ1v) is 6.19. The van der Waals surface area contributed by atoms with Gasteiger partial charge in [-0.2, -0.15) is 0 Å². The topological polar surface area (TPSA) is 35.5 Å². The molecular formula is C13H22O3. The van der Waals surface area contributed by atoms with Gasteiger partial charge >= 0.3 is 0 Å². The number of hydrogen-bond acceptors (Lipinski definition) is 3. The number of rotatable bonds is 1. The Morgan fingerprint density at radius 2 is 1.44 bits per heavy atom. The average molecular weight is 226 g/mol. The molecule has 2 rings (SSSR count). The molecule has 0 atom stereocenters. The molecule has 1 heterocycles. The molecule has 1 aliphatic carbocycles. The maximum atomic E-state index is 11.2. The minimum atomic E-state index is -0.251. The molecule has 3 nitrogen and oxygen atoms in total. The zero-order chi connectivity index (χ0) is 12.0. The van der Waals surface area contributed by atoms with E-state index < -0.39 is 0 Å². The molecule has 92 valence electrons. The van der Waals surface area contributed by atoms with E-state index in [2.05, 4.69) is 27.7 Å². The number of carbonyl (C=O) groups excluding carboxylic acids is 1. The summed E-state index contributed by atoms with van der Waals surface area (Å²) < 4.78 is 12.0. The highest BCUT2D eigenvalue weighted by atomic mass is 16.7. The van der Waals surface area contributed by atoms with E-state index in [1.807, 2.05) is 0 Å². The van der Waals surface area contributed by atoms with E-state index in [0.29, 0.717) is 24.5 Å². The van der Waals surface area contributed by atoms with Gasteiger partial charge in [-0.3, -0.25) is 4.79 Å². The Hall–Kier alpha value is -0.410. The normalized spacial score (nSPS) is 30.9. The first kappa shape index (κ1) is 12.1. The Morgan fingerprint density at radius 1 is 1.00 bits per heavy atom. The van der Waals surface area contributed by atoms with Crippen molar-refractivity contribution in [3.63, 3.8) is 0 Å². The van der Waals surface area contributed by atoms with Gasteiger partial charge in [0.25, 0.3) is 0 Å². The molecule has 3 heteroatoms. The van der Waals surface area contributed by atoms with Crippen molar-refractivity contribution in [2.75, 3.05) is 0 Å². The van der Waals surface area contributed by atoms with Crippen LogP contribution in [0.25, 0.3) is 0 Å². The van der Waals surface area contributed by atoms with E-state index in [9.17, 15) is 4.79 Å². The number of ether oxygens (including phenoxy) is 2. The van der Waals surface area contributed by atoms with Crippen LogP contribution in [-0.4, -0.2) is 23.3 Å². The summed E-state index contributed by atoms with van der Waals surface area (Å²) in [5, 5.41) is 0. The van der Waals surface area contributed by atoms with Crippen LogP contribution in [0.5, 0.6) is 0 Å². The molecule has 0 N–H and O–H groups in total. The van der Waals surface area contributed by atoms with Gasteiger partial charge < -0.3 is 9.47 Å². The molecule has 16 heavy (non-hydrogen) atoms. The van der Waals surface area contributed by atoms with E-state index >= 15 is 0 Å². The van der Waals surface area contributed by atoms with Crippen molar-refractivity contribution >= 4 is 5.78 Å². The molecule has 0 aromatic carbocycles. The van der Waals surface area contributed by atoms with Crippen molar-refractivity contribution in [3.8, 4) is 0 Å². The first-order valence-electron chi connectivity index (χ1n) is 6.19. The van der Waals surface area contributed by atoms with Crippen molar-refractivity contribution in [1.82, 2.24) is 0 Å². The Labute approximate surface area is 97.5 Å². The maximum Gasteiger partial charge on any atom is 0.162 e. The molecule has 0 aromatic heterocycles. The first-order chi connectivity index (χ1) is 7.32. The van der Waals surface area contributed by atoms with Crippen molar-refractivity contribution in [2.24, 2.45) is 5.92 Å². The van der Waals surface area contributed by atoms with Gasteiger partial charge in [0, 0.05) is 18.8 Å². The SMILES string of the molecule is CC1(C)OC(C2CCC(=O)CC2)OC1(C)C. The molecular weight excluding hydrogens is 204 g/mol. The number of carbonyl (C=O) groups is 1. The monoisotopic (exact) mass is 226 g/mol. The second-order valence-corrected chi connectivity index (χ2v) is 6.00. The van der Waals surface area contributed by atoms with Gasteiger partial charge in [0.05, 0.1) is 11.2 Å². The number of Topliss-reactive ketones (excluding diaryl/α,β-unsaturated/α-hetero) is 1. The van der Waals surface area contributed by atoms with Crippen LogP contribution in [0, 0.1) is 5.92 Å². The van der Waals surface area contributed by atoms with Crippen LogP contribution in [0.2, 0.25) is 0 Å². The molecule has 0 bridgehead atoms. The number of ketones is 1. The van der Waals surface area contributed by atoms with Crippen LogP contribution in [-0.2, 0) is 14.3 Å². The fourth-order valence-corrected chi connectivity index (χ4v) is 2.32. The highest BCUT2D eigenvalue weighted by molar-refractivity contribution is 5.79. The van der Waals surface area contributed by atoms with Gasteiger partial charge in [-0.1, -0.05) is 0 Å². The molecule has 2 fully saturated rings. The predicted molar refractivity (Wildman–Crippen MR) is 61.1 cm³/mol. The van der Waals surface area contributed by atoms with Gasteiger partial charge in [0.2, 0.25) is 0 Å². The summed E-state index contributed by atoms with van der Waals surface area (Å²) in [6.07, 6.45) is 3.08. The van der Waals surface area contributed by atoms with Crippen molar-refractivity contribution in [3.05, 3.63) is 0 Å². The zero-order valence-corrected chi connectivity index (χ0v) is 10.7. The third-order valence-corrected chi connectivity index (χ3v) is 4.24. The van der Waals surface area contributed by atoms with Gasteiger partial charge in [-0.05, 0) is 40.5 Å². The summed E-state index contributed by atoms with van der Waals surface area (Å²) >= 11 is 0. The number of hydrogen-bond donors (Lipinski definition) is 0. The maximum absolute atomic E-state index is 11.2. The van der Waals surface area contributed by atoms with Crippen molar-refractivity contribution < 1.29 is 14.3 Å². The largest absolute Gasteiger partial charge is 0.343 e. The molecule has 0 amide bonds. The fourth-order valence-electron chi connectivity index (χ4n) is 2.32. The van der Waals surface area contributed by atoms with Crippen molar-refractivity contribution in [1.29, 1.82) is 0 Å². The standard InChI is InChI=1S/C13H22O3/c1-12(2)13(3,4)16-11(15-12)9-5-7-10(14)8-6-9/h9,11H,5-8H2,1-4H3. The molecule has 0 radical (unpaired) electrons. The zero-order valence-electron chi connectivity index (χ0n) is 10.7. The second-order valence-electron chi connectivity index (χ2n) is 6.00. The highest BCUT2D eigenvalue weighted by Gasteiger charge is 2.51. The summed E-state index contributed by atoms with van der Waals surface area (Å²) in [6.45, 7) is 8.28. The van der Waals surface area contributed by atoms with Crippen LogP contribution in [0.4, 0.5) is 0 Å². The Bertz CT molecular complexity index is 268. The average Bonchev–Trinajstić information content (AvgIpc) is 2.37. The Kier molecular flexibility index (Phi) is 2.87. The van der Waals surface area contributed by atoms with Crippen LogP contribution >= 0.6 is 0 Å². The van der Waals surface area contributed by atoms with Crippen LogP contribution in [0.1, 0.15) is 53.4 Å². The lowest BCUT2D eigenvalue weighted by atomic mass is 9.88. The van der Waals surface area contributed by atoms with Gasteiger partial charge in [-0.25, -0.2) is 0 Å². The van der Waals surface area contributed by atoms with Crippen LogP contribution < -0.4 is 0 Å². The third-order valence-electron chi connectivity index (χ3n) is 4.24. The van der Waals surface area contributed by atoms with E-state index in [-0.39, 0.29) is 17.5 Å². The summed E-state index contributed by atoms with van der Waals surface area (Å²) in [4.78, 5) is 11.2. The molecule has 0 aromatic rings. The van der Waals surface area contributed by atoms with Gasteiger partial charge in [0.1, 0.15) is 5.78 Å². The molecule has 1 saturated heterocycles. The highest BCUT2D eigenvalue weighted by Crippen LogP contribution is 2.43.